The van der Waals surface area contributed by atoms with Crippen LogP contribution < -0.4 is 10.1 Å². The number of aromatic nitrogens is 1. The van der Waals surface area contributed by atoms with E-state index in [0.717, 1.165) is 23.2 Å². The first-order valence-corrected chi connectivity index (χ1v) is 7.49. The maximum atomic E-state index is 5.28. The van der Waals surface area contributed by atoms with Crippen LogP contribution in [0.25, 0.3) is 0 Å². The standard InChI is InChI=1S/C16H19BrN2O/c1-3-19-16(13-9-14(17)11-18-10-13)8-12-5-4-6-15(7-12)20-2/h4-7,9-11,16,19H,3,8H2,1-2H3. The average Bonchev–Trinajstić information content (AvgIpc) is 2.47. The highest BCUT2D eigenvalue weighted by Crippen LogP contribution is 2.22. The third-order valence-corrected chi connectivity index (χ3v) is 3.59. The van der Waals surface area contributed by atoms with E-state index in [4.69, 9.17) is 4.74 Å². The summed E-state index contributed by atoms with van der Waals surface area (Å²) in [6, 6.07) is 10.6. The molecule has 0 aliphatic rings. The van der Waals surface area contributed by atoms with Crippen molar-refractivity contribution in [2.45, 2.75) is 19.4 Å². The summed E-state index contributed by atoms with van der Waals surface area (Å²) in [6.07, 6.45) is 4.62. The molecule has 0 radical (unpaired) electrons. The predicted molar refractivity (Wildman–Crippen MR) is 85.1 cm³/mol. The zero-order valence-corrected chi connectivity index (χ0v) is 13.4. The molecule has 0 aliphatic heterocycles. The number of nitrogens with zero attached hydrogens (tertiary/aromatic N) is 1. The maximum Gasteiger partial charge on any atom is 0.119 e. The van der Waals surface area contributed by atoms with E-state index in [1.807, 2.05) is 18.3 Å². The number of hydrogen-bond acceptors (Lipinski definition) is 3. The molecule has 1 unspecified atom stereocenters. The molecule has 1 aromatic carbocycles. The number of rotatable bonds is 6. The fourth-order valence-electron chi connectivity index (χ4n) is 2.21. The molecule has 1 N–H and O–H groups in total. The van der Waals surface area contributed by atoms with Gasteiger partial charge in [0, 0.05) is 22.9 Å². The predicted octanol–water partition coefficient (Wildman–Crippen LogP) is 3.75. The minimum atomic E-state index is 0.247. The van der Waals surface area contributed by atoms with Gasteiger partial charge < -0.3 is 10.1 Å². The van der Waals surface area contributed by atoms with Crippen LogP contribution in [0.3, 0.4) is 0 Å². The Labute approximate surface area is 128 Å². The molecule has 20 heavy (non-hydrogen) atoms. The summed E-state index contributed by atoms with van der Waals surface area (Å²) < 4.78 is 6.28. The van der Waals surface area contributed by atoms with Gasteiger partial charge in [-0.15, -0.1) is 0 Å². The van der Waals surface area contributed by atoms with Crippen LogP contribution in [0.2, 0.25) is 0 Å². The van der Waals surface area contributed by atoms with E-state index >= 15 is 0 Å². The molecule has 1 aromatic heterocycles. The number of likely N-dealkylation sites (N-methyl/N-ethyl adjacent to an activating group) is 1. The number of hydrogen-bond donors (Lipinski definition) is 1. The Balaban J connectivity index is 2.20. The van der Waals surface area contributed by atoms with E-state index in [2.05, 4.69) is 51.4 Å². The topological polar surface area (TPSA) is 34.1 Å². The van der Waals surface area contributed by atoms with Crippen LogP contribution >= 0.6 is 15.9 Å². The summed E-state index contributed by atoms with van der Waals surface area (Å²) in [5, 5.41) is 3.51. The molecule has 0 aliphatic carbocycles. The first-order chi connectivity index (χ1) is 9.72. The van der Waals surface area contributed by atoms with Gasteiger partial charge in [-0.3, -0.25) is 4.98 Å². The van der Waals surface area contributed by atoms with Crippen molar-refractivity contribution < 1.29 is 4.74 Å². The highest BCUT2D eigenvalue weighted by Gasteiger charge is 2.12. The molecule has 0 saturated carbocycles. The number of nitrogens with one attached hydrogen (secondary N) is 1. The Morgan fingerprint density at radius 3 is 2.85 bits per heavy atom. The second kappa shape index (κ2) is 7.41. The lowest BCUT2D eigenvalue weighted by Crippen LogP contribution is -2.23. The Morgan fingerprint density at radius 2 is 2.15 bits per heavy atom. The summed E-state index contributed by atoms with van der Waals surface area (Å²) in [7, 11) is 1.69. The molecule has 4 heteroatoms. The van der Waals surface area contributed by atoms with Crippen molar-refractivity contribution in [1.29, 1.82) is 0 Å². The van der Waals surface area contributed by atoms with E-state index in [1.165, 1.54) is 11.1 Å². The van der Waals surface area contributed by atoms with Crippen molar-refractivity contribution in [3.05, 3.63) is 58.3 Å². The van der Waals surface area contributed by atoms with Crippen LogP contribution in [0, 0.1) is 0 Å². The van der Waals surface area contributed by atoms with Crippen LogP contribution in [0.15, 0.2) is 47.2 Å². The molecular weight excluding hydrogens is 316 g/mol. The van der Waals surface area contributed by atoms with Gasteiger partial charge >= 0.3 is 0 Å². The summed E-state index contributed by atoms with van der Waals surface area (Å²) in [5.74, 6) is 0.894. The first kappa shape index (κ1) is 15.0. The molecular formula is C16H19BrN2O. The highest BCUT2D eigenvalue weighted by molar-refractivity contribution is 9.10. The van der Waals surface area contributed by atoms with Crippen molar-refractivity contribution >= 4 is 15.9 Å². The van der Waals surface area contributed by atoms with E-state index in [9.17, 15) is 0 Å². The van der Waals surface area contributed by atoms with Gasteiger partial charge in [-0.25, -0.2) is 0 Å². The average molecular weight is 335 g/mol. The number of halogens is 1. The molecule has 0 bridgehead atoms. The molecule has 2 aromatic rings. The normalized spacial score (nSPS) is 12.2. The summed E-state index contributed by atoms with van der Waals surface area (Å²) in [6.45, 7) is 3.03. The van der Waals surface area contributed by atoms with Gasteiger partial charge in [0.2, 0.25) is 0 Å². The second-order valence-corrected chi connectivity index (χ2v) is 5.52. The van der Waals surface area contributed by atoms with Gasteiger partial charge in [-0.05, 0) is 58.2 Å². The summed E-state index contributed by atoms with van der Waals surface area (Å²) in [4.78, 5) is 4.25. The van der Waals surface area contributed by atoms with E-state index in [1.54, 1.807) is 13.3 Å². The van der Waals surface area contributed by atoms with Gasteiger partial charge in [-0.1, -0.05) is 19.1 Å². The van der Waals surface area contributed by atoms with E-state index in [-0.39, 0.29) is 6.04 Å². The van der Waals surface area contributed by atoms with Crippen molar-refractivity contribution in [3.8, 4) is 5.75 Å². The second-order valence-electron chi connectivity index (χ2n) is 4.60. The SMILES string of the molecule is CCNC(Cc1cccc(OC)c1)c1cncc(Br)c1. The molecule has 0 fully saturated rings. The Morgan fingerprint density at radius 1 is 1.30 bits per heavy atom. The smallest absolute Gasteiger partial charge is 0.119 e. The number of pyridine rings is 1. The monoisotopic (exact) mass is 334 g/mol. The fourth-order valence-corrected chi connectivity index (χ4v) is 2.59. The summed E-state index contributed by atoms with van der Waals surface area (Å²) >= 11 is 3.48. The van der Waals surface area contributed by atoms with Gasteiger partial charge in [0.05, 0.1) is 7.11 Å². The highest BCUT2D eigenvalue weighted by atomic mass is 79.9. The van der Waals surface area contributed by atoms with Gasteiger partial charge in [0.1, 0.15) is 5.75 Å². The Kier molecular flexibility index (Phi) is 5.56. The zero-order valence-electron chi connectivity index (χ0n) is 11.8. The minimum Gasteiger partial charge on any atom is -0.497 e. The first-order valence-electron chi connectivity index (χ1n) is 6.69. The quantitative estimate of drug-likeness (QED) is 0.873. The van der Waals surface area contributed by atoms with Crippen molar-refractivity contribution in [3.63, 3.8) is 0 Å². The lowest BCUT2D eigenvalue weighted by atomic mass is 10.00. The van der Waals surface area contributed by atoms with E-state index in [0.29, 0.717) is 0 Å². The van der Waals surface area contributed by atoms with Crippen molar-refractivity contribution in [2.75, 3.05) is 13.7 Å². The molecule has 0 saturated heterocycles. The number of ether oxygens (including phenoxy) is 1. The third-order valence-electron chi connectivity index (χ3n) is 3.15. The molecule has 1 atom stereocenters. The number of benzene rings is 1. The molecule has 3 nitrogen and oxygen atoms in total. The van der Waals surface area contributed by atoms with Crippen molar-refractivity contribution in [2.24, 2.45) is 0 Å². The van der Waals surface area contributed by atoms with Crippen molar-refractivity contribution in [1.82, 2.24) is 10.3 Å². The van der Waals surface area contributed by atoms with E-state index < -0.39 is 0 Å². The van der Waals surface area contributed by atoms with Crippen LogP contribution in [-0.4, -0.2) is 18.6 Å². The fraction of sp³-hybridized carbons (Fsp3) is 0.312. The minimum absolute atomic E-state index is 0.247. The molecule has 0 amide bonds. The molecule has 0 spiro atoms. The summed E-state index contributed by atoms with van der Waals surface area (Å²) in [5.41, 5.74) is 2.43. The van der Waals surface area contributed by atoms with Gasteiger partial charge in [0.25, 0.3) is 0 Å². The largest absolute Gasteiger partial charge is 0.497 e. The maximum absolute atomic E-state index is 5.28. The zero-order chi connectivity index (χ0) is 14.4. The van der Waals surface area contributed by atoms with Gasteiger partial charge in [0.15, 0.2) is 0 Å². The Hall–Kier alpha value is -1.39. The third kappa shape index (κ3) is 4.05. The molecule has 1 heterocycles. The lowest BCUT2D eigenvalue weighted by Gasteiger charge is -2.18. The molecule has 2 rings (SSSR count). The van der Waals surface area contributed by atoms with Gasteiger partial charge in [-0.2, -0.15) is 0 Å². The number of methoxy groups -OCH3 is 1. The molecule has 106 valence electrons. The Bertz CT molecular complexity index is 560. The van der Waals surface area contributed by atoms with Crippen LogP contribution in [0.5, 0.6) is 5.75 Å². The van der Waals surface area contributed by atoms with Crippen LogP contribution in [0.4, 0.5) is 0 Å². The van der Waals surface area contributed by atoms with Crippen LogP contribution in [0.1, 0.15) is 24.1 Å². The lowest BCUT2D eigenvalue weighted by molar-refractivity contribution is 0.414. The van der Waals surface area contributed by atoms with Crippen LogP contribution in [-0.2, 0) is 6.42 Å².